The molecule has 3 amide bonds. The number of benzene rings is 1. The van der Waals surface area contributed by atoms with Crippen LogP contribution in [0.15, 0.2) is 18.2 Å². The number of ether oxygens (including phenoxy) is 1. The van der Waals surface area contributed by atoms with Gasteiger partial charge in [0.2, 0.25) is 5.91 Å². The van der Waals surface area contributed by atoms with Crippen LogP contribution in [0.3, 0.4) is 0 Å². The van der Waals surface area contributed by atoms with Gasteiger partial charge in [-0.2, -0.15) is 17.0 Å². The molecule has 3 rings (SSSR count). The summed E-state index contributed by atoms with van der Waals surface area (Å²) >= 11 is 0. The highest BCUT2D eigenvalue weighted by Gasteiger charge is 2.34. The molecule has 160 valence electrons. The molecule has 10 nitrogen and oxygen atoms in total. The van der Waals surface area contributed by atoms with Crippen LogP contribution >= 0.6 is 0 Å². The number of anilines is 2. The first kappa shape index (κ1) is 21.4. The third kappa shape index (κ3) is 5.21. The minimum absolute atomic E-state index is 0.0308. The lowest BCUT2D eigenvalue weighted by atomic mass is 10.2. The molecule has 0 radical (unpaired) electrons. The van der Waals surface area contributed by atoms with Gasteiger partial charge in [-0.3, -0.25) is 4.79 Å². The average molecular weight is 429 g/mol. The summed E-state index contributed by atoms with van der Waals surface area (Å²) in [6.45, 7) is 3.49. The molecule has 0 bridgehead atoms. The van der Waals surface area contributed by atoms with Crippen molar-refractivity contribution in [2.24, 2.45) is 0 Å². The molecule has 2 aliphatic heterocycles. The number of morpholine rings is 1. The standard InChI is InChI=1S/C17H24FN5O5S/c1-13(24)19-16-12-14(2-3-15(16)18)20-17(25)21-4-6-22(7-5-21)29(26,27)23-8-10-28-11-9-23/h2-3,12H,4-11H2,1H3,(H,19,24)(H,20,25). The lowest BCUT2D eigenvalue weighted by Crippen LogP contribution is -2.56. The van der Waals surface area contributed by atoms with Gasteiger partial charge in [0.15, 0.2) is 0 Å². The zero-order chi connectivity index (χ0) is 21.0. The van der Waals surface area contributed by atoms with Crippen LogP contribution in [0.2, 0.25) is 0 Å². The molecule has 29 heavy (non-hydrogen) atoms. The lowest BCUT2D eigenvalue weighted by Gasteiger charge is -2.37. The summed E-state index contributed by atoms with van der Waals surface area (Å²) in [4.78, 5) is 25.1. The maximum atomic E-state index is 13.7. The number of carbonyl (C=O) groups is 2. The topological polar surface area (TPSA) is 111 Å². The van der Waals surface area contributed by atoms with E-state index in [0.29, 0.717) is 32.0 Å². The van der Waals surface area contributed by atoms with E-state index in [2.05, 4.69) is 10.6 Å². The van der Waals surface area contributed by atoms with Gasteiger partial charge >= 0.3 is 6.03 Å². The summed E-state index contributed by atoms with van der Waals surface area (Å²) in [5, 5.41) is 5.00. The van der Waals surface area contributed by atoms with Crippen molar-refractivity contribution in [2.45, 2.75) is 6.92 Å². The van der Waals surface area contributed by atoms with E-state index in [1.807, 2.05) is 0 Å². The molecule has 2 heterocycles. The molecule has 0 aromatic heterocycles. The van der Waals surface area contributed by atoms with Gasteiger partial charge < -0.3 is 20.3 Å². The van der Waals surface area contributed by atoms with E-state index in [0.717, 1.165) is 6.07 Å². The molecule has 0 unspecified atom stereocenters. The second-order valence-electron chi connectivity index (χ2n) is 6.71. The third-order valence-corrected chi connectivity index (χ3v) is 6.71. The van der Waals surface area contributed by atoms with Gasteiger partial charge in [0.05, 0.1) is 18.9 Å². The first-order valence-electron chi connectivity index (χ1n) is 9.23. The van der Waals surface area contributed by atoms with Crippen molar-refractivity contribution in [3.8, 4) is 0 Å². The van der Waals surface area contributed by atoms with Crippen LogP contribution < -0.4 is 10.6 Å². The zero-order valence-electron chi connectivity index (χ0n) is 16.1. The highest BCUT2D eigenvalue weighted by molar-refractivity contribution is 7.86. The van der Waals surface area contributed by atoms with Gasteiger partial charge in [0.25, 0.3) is 10.2 Å². The molecular weight excluding hydrogens is 405 g/mol. The number of piperazine rings is 1. The van der Waals surface area contributed by atoms with Crippen molar-refractivity contribution in [3.63, 3.8) is 0 Å². The van der Waals surface area contributed by atoms with E-state index in [-0.39, 0.29) is 31.9 Å². The number of halogens is 1. The quantitative estimate of drug-likeness (QED) is 0.725. The Bertz CT molecular complexity index is 867. The Morgan fingerprint density at radius 2 is 1.62 bits per heavy atom. The van der Waals surface area contributed by atoms with Crippen molar-refractivity contribution in [1.29, 1.82) is 0 Å². The Hall–Kier alpha value is -2.28. The Labute approximate surface area is 168 Å². The Morgan fingerprint density at radius 3 is 2.24 bits per heavy atom. The summed E-state index contributed by atoms with van der Waals surface area (Å²) in [6.07, 6.45) is 0. The van der Waals surface area contributed by atoms with E-state index in [4.69, 9.17) is 4.74 Å². The van der Waals surface area contributed by atoms with Crippen LogP contribution in [-0.2, 0) is 19.7 Å². The molecule has 12 heteroatoms. The number of hydrogen-bond donors (Lipinski definition) is 2. The Kier molecular flexibility index (Phi) is 6.67. The predicted molar refractivity (Wildman–Crippen MR) is 104 cm³/mol. The molecule has 2 aliphatic rings. The summed E-state index contributed by atoms with van der Waals surface area (Å²) in [5.74, 6) is -1.04. The normalized spacial score (nSPS) is 19.0. The van der Waals surface area contributed by atoms with E-state index in [1.165, 1.54) is 32.6 Å². The molecule has 1 aromatic rings. The van der Waals surface area contributed by atoms with Gasteiger partial charge in [-0.1, -0.05) is 0 Å². The number of rotatable bonds is 4. The SMILES string of the molecule is CC(=O)Nc1cc(NC(=O)N2CCN(S(=O)(=O)N3CCOCC3)CC2)ccc1F. The van der Waals surface area contributed by atoms with Crippen molar-refractivity contribution >= 4 is 33.5 Å². The second kappa shape index (κ2) is 9.03. The predicted octanol–water partition coefficient (Wildman–Crippen LogP) is 0.511. The largest absolute Gasteiger partial charge is 0.379 e. The molecule has 0 saturated carbocycles. The molecule has 0 atom stereocenters. The Morgan fingerprint density at radius 1 is 1.00 bits per heavy atom. The molecule has 2 fully saturated rings. The molecule has 2 N–H and O–H groups in total. The van der Waals surface area contributed by atoms with Crippen LogP contribution in [0, 0.1) is 5.82 Å². The second-order valence-corrected chi connectivity index (χ2v) is 8.64. The van der Waals surface area contributed by atoms with Gasteiger partial charge in [0.1, 0.15) is 5.82 Å². The van der Waals surface area contributed by atoms with Crippen LogP contribution in [0.25, 0.3) is 0 Å². The third-order valence-electron chi connectivity index (χ3n) is 4.68. The van der Waals surface area contributed by atoms with Crippen molar-refractivity contribution in [3.05, 3.63) is 24.0 Å². The first-order valence-corrected chi connectivity index (χ1v) is 10.6. The fourth-order valence-corrected chi connectivity index (χ4v) is 4.72. The van der Waals surface area contributed by atoms with Crippen molar-refractivity contribution in [2.75, 3.05) is 63.1 Å². The summed E-state index contributed by atoms with van der Waals surface area (Å²) in [7, 11) is -3.57. The van der Waals surface area contributed by atoms with Crippen molar-refractivity contribution in [1.82, 2.24) is 13.5 Å². The molecular formula is C17H24FN5O5S. The number of amides is 3. The molecule has 0 aliphatic carbocycles. The maximum absolute atomic E-state index is 13.7. The number of carbonyl (C=O) groups excluding carboxylic acids is 2. The van der Waals surface area contributed by atoms with Gasteiger partial charge in [-0.15, -0.1) is 0 Å². The van der Waals surface area contributed by atoms with E-state index in [9.17, 15) is 22.4 Å². The van der Waals surface area contributed by atoms with Gasteiger partial charge in [-0.05, 0) is 18.2 Å². The highest BCUT2D eigenvalue weighted by Crippen LogP contribution is 2.20. The fourth-order valence-electron chi connectivity index (χ4n) is 3.15. The summed E-state index contributed by atoms with van der Waals surface area (Å²) < 4.78 is 47.0. The lowest BCUT2D eigenvalue weighted by molar-refractivity contribution is -0.114. The summed E-state index contributed by atoms with van der Waals surface area (Å²) in [5.41, 5.74) is 0.292. The zero-order valence-corrected chi connectivity index (χ0v) is 16.9. The van der Waals surface area contributed by atoms with E-state index < -0.39 is 28.0 Å². The first-order chi connectivity index (χ1) is 13.8. The molecule has 0 spiro atoms. The van der Waals surface area contributed by atoms with E-state index in [1.54, 1.807) is 0 Å². The molecule has 2 saturated heterocycles. The van der Waals surface area contributed by atoms with Gasteiger partial charge in [-0.25, -0.2) is 9.18 Å². The number of nitrogens with one attached hydrogen (secondary N) is 2. The average Bonchev–Trinajstić information content (AvgIpc) is 2.71. The van der Waals surface area contributed by atoms with E-state index >= 15 is 0 Å². The smallest absolute Gasteiger partial charge is 0.321 e. The molecule has 1 aromatic carbocycles. The van der Waals surface area contributed by atoms with Gasteiger partial charge in [0, 0.05) is 51.9 Å². The monoisotopic (exact) mass is 429 g/mol. The van der Waals surface area contributed by atoms with Crippen LogP contribution in [0.5, 0.6) is 0 Å². The fraction of sp³-hybridized carbons (Fsp3) is 0.529. The number of urea groups is 1. The van der Waals surface area contributed by atoms with Crippen molar-refractivity contribution < 1.29 is 27.1 Å². The van der Waals surface area contributed by atoms with Crippen LogP contribution in [0.4, 0.5) is 20.6 Å². The minimum Gasteiger partial charge on any atom is -0.379 e. The summed E-state index contributed by atoms with van der Waals surface area (Å²) in [6, 6.07) is 3.44. The van der Waals surface area contributed by atoms with Crippen LogP contribution in [0.1, 0.15) is 6.92 Å². The van der Waals surface area contributed by atoms with Crippen LogP contribution in [-0.4, -0.2) is 86.3 Å². The number of hydrogen-bond acceptors (Lipinski definition) is 5. The Balaban J connectivity index is 1.57. The minimum atomic E-state index is -3.57. The highest BCUT2D eigenvalue weighted by atomic mass is 32.2. The number of nitrogens with zero attached hydrogens (tertiary/aromatic N) is 3. The maximum Gasteiger partial charge on any atom is 0.321 e.